The van der Waals surface area contributed by atoms with Crippen LogP contribution in [0, 0.1) is 0 Å². The molecule has 0 saturated carbocycles. The lowest BCUT2D eigenvalue weighted by Gasteiger charge is -2.25. The summed E-state index contributed by atoms with van der Waals surface area (Å²) in [5, 5.41) is 2.92. The molecule has 0 radical (unpaired) electrons. The van der Waals surface area contributed by atoms with Gasteiger partial charge < -0.3 is 10.2 Å². The Morgan fingerprint density at radius 2 is 1.62 bits per heavy atom. The van der Waals surface area contributed by atoms with E-state index in [1.807, 2.05) is 56.3 Å². The molecule has 0 unspecified atom stereocenters. The lowest BCUT2D eigenvalue weighted by molar-refractivity contribution is 0.0943. The minimum Gasteiger partial charge on any atom is -0.350 e. The lowest BCUT2D eigenvalue weighted by atomic mass is 10.1. The predicted octanol–water partition coefficient (Wildman–Crippen LogP) is 4.56. The Balaban J connectivity index is 1.95. The number of benzene rings is 2. The molecule has 1 aromatic heterocycles. The van der Waals surface area contributed by atoms with Crippen LogP contribution in [0.4, 0.5) is 11.4 Å². The van der Waals surface area contributed by atoms with E-state index in [0.29, 0.717) is 12.1 Å². The van der Waals surface area contributed by atoms with E-state index in [1.54, 1.807) is 12.4 Å². The van der Waals surface area contributed by atoms with E-state index >= 15 is 0 Å². The van der Waals surface area contributed by atoms with Crippen molar-refractivity contribution >= 4 is 17.3 Å². The number of nitrogens with one attached hydrogen (secondary N) is 1. The lowest BCUT2D eigenvalue weighted by Crippen LogP contribution is -2.30. The van der Waals surface area contributed by atoms with E-state index in [4.69, 9.17) is 0 Å². The highest BCUT2D eigenvalue weighted by Crippen LogP contribution is 2.27. The first kappa shape index (κ1) is 17.7. The average Bonchev–Trinajstić information content (AvgIpc) is 2.67. The number of aromatic nitrogens is 1. The van der Waals surface area contributed by atoms with Crippen molar-refractivity contribution in [3.63, 3.8) is 0 Å². The second-order valence-corrected chi connectivity index (χ2v) is 6.47. The van der Waals surface area contributed by atoms with Gasteiger partial charge in [-0.25, -0.2) is 0 Å². The number of rotatable bonds is 6. The van der Waals surface area contributed by atoms with Crippen LogP contribution in [0.2, 0.25) is 0 Å². The maximum atomic E-state index is 12.4. The van der Waals surface area contributed by atoms with Crippen LogP contribution in [0.3, 0.4) is 0 Å². The van der Waals surface area contributed by atoms with E-state index in [9.17, 15) is 4.79 Å². The Labute approximate surface area is 154 Å². The third-order valence-corrected chi connectivity index (χ3v) is 3.97. The Kier molecular flexibility index (Phi) is 5.64. The van der Waals surface area contributed by atoms with Crippen molar-refractivity contribution in [2.75, 3.05) is 4.90 Å². The highest BCUT2D eigenvalue weighted by atomic mass is 16.1. The first-order chi connectivity index (χ1) is 12.6. The summed E-state index contributed by atoms with van der Waals surface area (Å²) >= 11 is 0. The van der Waals surface area contributed by atoms with Crippen molar-refractivity contribution in [1.29, 1.82) is 0 Å². The van der Waals surface area contributed by atoms with Gasteiger partial charge in [-0.3, -0.25) is 9.78 Å². The molecule has 0 saturated heterocycles. The molecular weight excluding hydrogens is 322 g/mol. The monoisotopic (exact) mass is 345 g/mol. The number of carbonyl (C=O) groups excluding carboxylic acids is 1. The fourth-order valence-electron chi connectivity index (χ4n) is 2.75. The van der Waals surface area contributed by atoms with Crippen LogP contribution < -0.4 is 10.2 Å². The van der Waals surface area contributed by atoms with Crippen LogP contribution in [0.15, 0.2) is 79.1 Å². The summed E-state index contributed by atoms with van der Waals surface area (Å²) in [7, 11) is 0. The maximum Gasteiger partial charge on any atom is 0.253 e. The molecule has 1 N–H and O–H groups in total. The SMILES string of the molecule is CC(C)NC(=O)c1cncc(N(Cc2ccccc2)c2ccccc2)c1. The molecule has 0 fully saturated rings. The summed E-state index contributed by atoms with van der Waals surface area (Å²) in [5.41, 5.74) is 3.69. The highest BCUT2D eigenvalue weighted by molar-refractivity contribution is 5.95. The number of hydrogen-bond acceptors (Lipinski definition) is 3. The van der Waals surface area contributed by atoms with Crippen LogP contribution in [0.1, 0.15) is 29.8 Å². The first-order valence-corrected chi connectivity index (χ1v) is 8.76. The summed E-state index contributed by atoms with van der Waals surface area (Å²) in [4.78, 5) is 18.8. The van der Waals surface area contributed by atoms with Crippen molar-refractivity contribution in [3.8, 4) is 0 Å². The Hall–Kier alpha value is -3.14. The van der Waals surface area contributed by atoms with Crippen LogP contribution in [0.5, 0.6) is 0 Å². The number of anilines is 2. The summed E-state index contributed by atoms with van der Waals surface area (Å²) in [6.07, 6.45) is 3.40. The molecule has 1 amide bonds. The minimum atomic E-state index is -0.109. The van der Waals surface area contributed by atoms with E-state index in [1.165, 1.54) is 5.56 Å². The Morgan fingerprint density at radius 3 is 2.27 bits per heavy atom. The van der Waals surface area contributed by atoms with E-state index in [-0.39, 0.29) is 11.9 Å². The zero-order chi connectivity index (χ0) is 18.4. The first-order valence-electron chi connectivity index (χ1n) is 8.76. The van der Waals surface area contributed by atoms with Gasteiger partial charge in [-0.05, 0) is 37.6 Å². The number of para-hydroxylation sites is 1. The van der Waals surface area contributed by atoms with Crippen LogP contribution in [-0.2, 0) is 6.54 Å². The quantitative estimate of drug-likeness (QED) is 0.712. The zero-order valence-electron chi connectivity index (χ0n) is 15.1. The van der Waals surface area contributed by atoms with Crippen LogP contribution in [-0.4, -0.2) is 16.9 Å². The van der Waals surface area contributed by atoms with Crippen molar-refractivity contribution in [2.45, 2.75) is 26.4 Å². The molecule has 3 rings (SSSR count). The molecule has 4 heteroatoms. The van der Waals surface area contributed by atoms with Gasteiger partial charge >= 0.3 is 0 Å². The maximum absolute atomic E-state index is 12.4. The number of pyridine rings is 1. The average molecular weight is 345 g/mol. The number of carbonyl (C=O) groups is 1. The van der Waals surface area contributed by atoms with E-state index < -0.39 is 0 Å². The number of amides is 1. The van der Waals surface area contributed by atoms with Crippen LogP contribution in [0.25, 0.3) is 0 Å². The Morgan fingerprint density at radius 1 is 0.962 bits per heavy atom. The molecule has 0 spiro atoms. The smallest absolute Gasteiger partial charge is 0.253 e. The second-order valence-electron chi connectivity index (χ2n) is 6.47. The molecule has 0 aliphatic heterocycles. The van der Waals surface area contributed by atoms with Crippen molar-refractivity contribution in [2.24, 2.45) is 0 Å². The molecular formula is C22H23N3O. The van der Waals surface area contributed by atoms with Crippen molar-refractivity contribution in [3.05, 3.63) is 90.3 Å². The summed E-state index contributed by atoms with van der Waals surface area (Å²) < 4.78 is 0. The number of nitrogens with zero attached hydrogens (tertiary/aromatic N) is 2. The largest absolute Gasteiger partial charge is 0.350 e. The topological polar surface area (TPSA) is 45.2 Å². The fraction of sp³-hybridized carbons (Fsp3) is 0.182. The van der Waals surface area contributed by atoms with Gasteiger partial charge in [0.25, 0.3) is 5.91 Å². The molecule has 0 aliphatic carbocycles. The normalized spacial score (nSPS) is 10.6. The summed E-state index contributed by atoms with van der Waals surface area (Å²) in [5.74, 6) is -0.109. The molecule has 0 atom stereocenters. The van der Waals surface area contributed by atoms with Gasteiger partial charge in [0.15, 0.2) is 0 Å². The third kappa shape index (κ3) is 4.48. The molecule has 26 heavy (non-hydrogen) atoms. The summed E-state index contributed by atoms with van der Waals surface area (Å²) in [6.45, 7) is 4.59. The van der Waals surface area contributed by atoms with Crippen molar-refractivity contribution in [1.82, 2.24) is 10.3 Å². The van der Waals surface area contributed by atoms with Gasteiger partial charge in [-0.1, -0.05) is 48.5 Å². The third-order valence-electron chi connectivity index (χ3n) is 3.97. The molecule has 132 valence electrons. The second kappa shape index (κ2) is 8.30. The van der Waals surface area contributed by atoms with Crippen molar-refractivity contribution < 1.29 is 4.79 Å². The highest BCUT2D eigenvalue weighted by Gasteiger charge is 2.14. The van der Waals surface area contributed by atoms with Crippen LogP contribution >= 0.6 is 0 Å². The summed E-state index contributed by atoms with van der Waals surface area (Å²) in [6, 6.07) is 22.4. The van der Waals surface area contributed by atoms with Gasteiger partial charge in [-0.15, -0.1) is 0 Å². The Bertz CT molecular complexity index is 848. The molecule has 1 heterocycles. The molecule has 2 aromatic carbocycles. The van der Waals surface area contributed by atoms with Gasteiger partial charge in [0, 0.05) is 24.5 Å². The van der Waals surface area contributed by atoms with Gasteiger partial charge in [0.1, 0.15) is 0 Å². The van der Waals surface area contributed by atoms with E-state index in [2.05, 4.69) is 39.5 Å². The van der Waals surface area contributed by atoms with Gasteiger partial charge in [0.05, 0.1) is 17.4 Å². The molecule has 3 aromatic rings. The van der Waals surface area contributed by atoms with Gasteiger partial charge in [0.2, 0.25) is 0 Å². The number of hydrogen-bond donors (Lipinski definition) is 1. The predicted molar refractivity (Wildman–Crippen MR) is 106 cm³/mol. The standard InChI is InChI=1S/C22H23N3O/c1-17(2)24-22(26)19-13-21(15-23-14-19)25(20-11-7-4-8-12-20)16-18-9-5-3-6-10-18/h3-15,17H,16H2,1-2H3,(H,24,26). The fourth-order valence-corrected chi connectivity index (χ4v) is 2.75. The molecule has 0 bridgehead atoms. The minimum absolute atomic E-state index is 0.0840. The zero-order valence-corrected chi connectivity index (χ0v) is 15.1. The molecule has 0 aliphatic rings. The van der Waals surface area contributed by atoms with E-state index in [0.717, 1.165) is 11.4 Å². The van der Waals surface area contributed by atoms with Gasteiger partial charge in [-0.2, -0.15) is 0 Å². The molecule has 4 nitrogen and oxygen atoms in total.